The molecule has 1 aliphatic heterocycles. The number of aryl methyl sites for hydroxylation is 1. The van der Waals surface area contributed by atoms with E-state index < -0.39 is 0 Å². The van der Waals surface area contributed by atoms with E-state index in [-0.39, 0.29) is 30.3 Å². The fraction of sp³-hybridized carbons (Fsp3) is 0.300. The molecule has 1 heterocycles. The van der Waals surface area contributed by atoms with Crippen molar-refractivity contribution in [1.29, 1.82) is 0 Å². The van der Waals surface area contributed by atoms with Gasteiger partial charge < -0.3 is 16.0 Å². The monoisotopic (exact) mass is 373 g/mol. The first-order valence-corrected chi connectivity index (χ1v) is 8.62. The van der Waals surface area contributed by atoms with Crippen molar-refractivity contribution < 1.29 is 9.59 Å². The quantitative estimate of drug-likeness (QED) is 0.771. The first-order chi connectivity index (χ1) is 12.1. The van der Waals surface area contributed by atoms with Gasteiger partial charge in [-0.05, 0) is 56.1 Å². The van der Waals surface area contributed by atoms with Crippen LogP contribution >= 0.6 is 12.4 Å². The molecule has 0 unspecified atom stereocenters. The lowest BCUT2D eigenvalue weighted by Gasteiger charge is -2.24. The molecule has 2 aromatic rings. The van der Waals surface area contributed by atoms with Gasteiger partial charge in [-0.2, -0.15) is 0 Å². The normalized spacial score (nSPS) is 16.3. The second kappa shape index (κ2) is 9.36. The molecule has 1 aliphatic rings. The first kappa shape index (κ1) is 19.9. The molecule has 0 saturated carbocycles. The molecule has 5 nitrogen and oxygen atoms in total. The standard InChI is InChI=1S/C20H23N3O2.ClH/c1-14-9-10-16(20(25)22-17-8-5-11-21-13-17)12-18(14)23-19(24)15-6-3-2-4-7-15;/h2-4,6-7,9-10,12,17,21H,5,8,11,13H2,1H3,(H,22,25)(H,23,24);1H/t17-;/m0./s1. The Labute approximate surface area is 160 Å². The molecule has 1 atom stereocenters. The van der Waals surface area contributed by atoms with Crippen molar-refractivity contribution in [2.24, 2.45) is 0 Å². The van der Waals surface area contributed by atoms with Crippen LogP contribution in [-0.2, 0) is 0 Å². The average molecular weight is 374 g/mol. The summed E-state index contributed by atoms with van der Waals surface area (Å²) in [5, 5.41) is 9.23. The lowest BCUT2D eigenvalue weighted by molar-refractivity contribution is 0.0929. The van der Waals surface area contributed by atoms with Crippen LogP contribution in [0.4, 0.5) is 5.69 Å². The Kier molecular flexibility index (Phi) is 7.18. The number of anilines is 1. The lowest BCUT2D eigenvalue weighted by atomic mass is 10.1. The molecule has 3 rings (SSSR count). The fourth-order valence-electron chi connectivity index (χ4n) is 2.93. The number of hydrogen-bond acceptors (Lipinski definition) is 3. The summed E-state index contributed by atoms with van der Waals surface area (Å²) >= 11 is 0. The Balaban J connectivity index is 0.00000243. The Morgan fingerprint density at radius 1 is 1.04 bits per heavy atom. The van der Waals surface area contributed by atoms with Crippen molar-refractivity contribution >= 4 is 29.9 Å². The summed E-state index contributed by atoms with van der Waals surface area (Å²) in [6, 6.07) is 14.6. The van der Waals surface area contributed by atoms with Gasteiger partial charge >= 0.3 is 0 Å². The van der Waals surface area contributed by atoms with Crippen LogP contribution < -0.4 is 16.0 Å². The second-order valence-electron chi connectivity index (χ2n) is 6.37. The van der Waals surface area contributed by atoms with Crippen molar-refractivity contribution in [2.75, 3.05) is 18.4 Å². The minimum Gasteiger partial charge on any atom is -0.348 e. The number of hydrogen-bond donors (Lipinski definition) is 3. The number of benzene rings is 2. The number of rotatable bonds is 4. The third-order valence-electron chi connectivity index (χ3n) is 4.42. The Bertz CT molecular complexity index is 759. The van der Waals surface area contributed by atoms with Crippen LogP contribution in [0.25, 0.3) is 0 Å². The van der Waals surface area contributed by atoms with Gasteiger partial charge in [0.25, 0.3) is 11.8 Å². The summed E-state index contributed by atoms with van der Waals surface area (Å²) in [7, 11) is 0. The number of amides is 2. The SMILES string of the molecule is Cc1ccc(C(=O)N[C@H]2CCCNC2)cc1NC(=O)c1ccccc1.Cl. The van der Waals surface area contributed by atoms with Gasteiger partial charge in [0.05, 0.1) is 0 Å². The van der Waals surface area contributed by atoms with Crippen molar-refractivity contribution in [3.63, 3.8) is 0 Å². The molecule has 0 bridgehead atoms. The molecule has 1 fully saturated rings. The van der Waals surface area contributed by atoms with Gasteiger partial charge in [0.1, 0.15) is 0 Å². The van der Waals surface area contributed by atoms with Gasteiger partial charge in [-0.15, -0.1) is 12.4 Å². The molecule has 3 N–H and O–H groups in total. The number of nitrogens with one attached hydrogen (secondary N) is 3. The van der Waals surface area contributed by atoms with Crippen LogP contribution in [0.5, 0.6) is 0 Å². The van der Waals surface area contributed by atoms with Gasteiger partial charge in [-0.1, -0.05) is 24.3 Å². The van der Waals surface area contributed by atoms with E-state index in [1.54, 1.807) is 24.3 Å². The molecular weight excluding hydrogens is 350 g/mol. The molecule has 0 aromatic heterocycles. The van der Waals surface area contributed by atoms with Crippen molar-refractivity contribution in [2.45, 2.75) is 25.8 Å². The van der Waals surface area contributed by atoms with E-state index in [0.717, 1.165) is 31.5 Å². The van der Waals surface area contributed by atoms with E-state index in [4.69, 9.17) is 0 Å². The van der Waals surface area contributed by atoms with Gasteiger partial charge in [0.15, 0.2) is 0 Å². The largest absolute Gasteiger partial charge is 0.348 e. The zero-order valence-corrected chi connectivity index (χ0v) is 15.6. The summed E-state index contributed by atoms with van der Waals surface area (Å²) < 4.78 is 0. The molecule has 0 aliphatic carbocycles. The highest BCUT2D eigenvalue weighted by Crippen LogP contribution is 2.18. The maximum atomic E-state index is 12.5. The Hall–Kier alpha value is -2.37. The zero-order valence-electron chi connectivity index (χ0n) is 14.7. The van der Waals surface area contributed by atoms with Crippen LogP contribution in [-0.4, -0.2) is 30.9 Å². The average Bonchev–Trinajstić information content (AvgIpc) is 2.65. The number of halogens is 1. The third kappa shape index (κ3) is 5.07. The maximum Gasteiger partial charge on any atom is 0.255 e. The van der Waals surface area contributed by atoms with Gasteiger partial charge in [-0.3, -0.25) is 9.59 Å². The molecule has 0 spiro atoms. The lowest BCUT2D eigenvalue weighted by Crippen LogP contribution is -2.45. The number of piperidine rings is 1. The summed E-state index contributed by atoms with van der Waals surface area (Å²) in [6.07, 6.45) is 2.05. The molecule has 6 heteroatoms. The van der Waals surface area contributed by atoms with Crippen LogP contribution in [0.3, 0.4) is 0 Å². The summed E-state index contributed by atoms with van der Waals surface area (Å²) in [6.45, 7) is 3.72. The van der Waals surface area contributed by atoms with E-state index in [2.05, 4.69) is 16.0 Å². The van der Waals surface area contributed by atoms with Crippen LogP contribution in [0.1, 0.15) is 39.1 Å². The third-order valence-corrected chi connectivity index (χ3v) is 4.42. The predicted octanol–water partition coefficient (Wildman–Crippen LogP) is 3.15. The van der Waals surface area contributed by atoms with Gasteiger partial charge in [-0.25, -0.2) is 0 Å². The van der Waals surface area contributed by atoms with E-state index in [1.165, 1.54) is 0 Å². The van der Waals surface area contributed by atoms with Gasteiger partial charge in [0, 0.05) is 29.4 Å². The molecule has 0 radical (unpaired) electrons. The number of carbonyl (C=O) groups is 2. The summed E-state index contributed by atoms with van der Waals surface area (Å²) in [4.78, 5) is 24.8. The first-order valence-electron chi connectivity index (χ1n) is 8.62. The highest BCUT2D eigenvalue weighted by molar-refractivity contribution is 6.05. The summed E-state index contributed by atoms with van der Waals surface area (Å²) in [5.74, 6) is -0.290. The highest BCUT2D eigenvalue weighted by atomic mass is 35.5. The van der Waals surface area contributed by atoms with Crippen molar-refractivity contribution in [3.8, 4) is 0 Å². The number of carbonyl (C=O) groups excluding carboxylic acids is 2. The van der Waals surface area contributed by atoms with E-state index in [0.29, 0.717) is 16.8 Å². The van der Waals surface area contributed by atoms with Crippen molar-refractivity contribution in [1.82, 2.24) is 10.6 Å². The van der Waals surface area contributed by atoms with Crippen molar-refractivity contribution in [3.05, 3.63) is 65.2 Å². The van der Waals surface area contributed by atoms with Gasteiger partial charge in [0.2, 0.25) is 0 Å². The highest BCUT2D eigenvalue weighted by Gasteiger charge is 2.17. The molecule has 2 amide bonds. The molecule has 26 heavy (non-hydrogen) atoms. The van der Waals surface area contributed by atoms with E-state index in [1.807, 2.05) is 31.2 Å². The second-order valence-corrected chi connectivity index (χ2v) is 6.37. The molecule has 1 saturated heterocycles. The molecule has 2 aromatic carbocycles. The van der Waals surface area contributed by atoms with E-state index in [9.17, 15) is 9.59 Å². The summed E-state index contributed by atoms with van der Waals surface area (Å²) in [5.41, 5.74) is 2.72. The topological polar surface area (TPSA) is 70.2 Å². The van der Waals surface area contributed by atoms with Crippen LogP contribution in [0, 0.1) is 6.92 Å². The predicted molar refractivity (Wildman–Crippen MR) is 106 cm³/mol. The smallest absolute Gasteiger partial charge is 0.255 e. The van der Waals surface area contributed by atoms with Crippen LogP contribution in [0.2, 0.25) is 0 Å². The van der Waals surface area contributed by atoms with Crippen LogP contribution in [0.15, 0.2) is 48.5 Å². The fourth-order valence-corrected chi connectivity index (χ4v) is 2.93. The maximum absolute atomic E-state index is 12.5. The van der Waals surface area contributed by atoms with E-state index >= 15 is 0 Å². The zero-order chi connectivity index (χ0) is 17.6. The molecular formula is C20H24ClN3O2. The minimum atomic E-state index is -0.183. The molecule has 138 valence electrons. The Morgan fingerprint density at radius 2 is 1.81 bits per heavy atom. The Morgan fingerprint density at radius 3 is 2.50 bits per heavy atom. The minimum absolute atomic E-state index is 0.